The van der Waals surface area contributed by atoms with Crippen molar-refractivity contribution in [2.75, 3.05) is 13.2 Å². The van der Waals surface area contributed by atoms with Crippen molar-refractivity contribution in [2.24, 2.45) is 11.3 Å². The molecule has 3 heteroatoms. The van der Waals surface area contributed by atoms with E-state index in [0.29, 0.717) is 18.6 Å². The van der Waals surface area contributed by atoms with Crippen LogP contribution in [0.15, 0.2) is 0 Å². The van der Waals surface area contributed by atoms with E-state index in [1.807, 2.05) is 0 Å². The van der Waals surface area contributed by atoms with Crippen LogP contribution in [0.25, 0.3) is 0 Å². The zero-order chi connectivity index (χ0) is 12.9. The summed E-state index contributed by atoms with van der Waals surface area (Å²) in [6, 6.07) is 0. The molecule has 2 rings (SSSR count). The van der Waals surface area contributed by atoms with Gasteiger partial charge in [-0.1, -0.05) is 27.7 Å². The van der Waals surface area contributed by atoms with Crippen LogP contribution in [0.2, 0.25) is 0 Å². The van der Waals surface area contributed by atoms with Crippen LogP contribution in [-0.2, 0) is 9.47 Å². The summed E-state index contributed by atoms with van der Waals surface area (Å²) in [7, 11) is 0. The molecule has 2 aliphatic heterocycles. The molecule has 0 aromatic carbocycles. The Morgan fingerprint density at radius 3 is 2.29 bits per heavy atom. The molecule has 17 heavy (non-hydrogen) atoms. The Kier molecular flexibility index (Phi) is 3.08. The van der Waals surface area contributed by atoms with Gasteiger partial charge in [0.05, 0.1) is 18.3 Å². The zero-order valence-corrected chi connectivity index (χ0v) is 12.1. The van der Waals surface area contributed by atoms with Crippen LogP contribution in [0.1, 0.15) is 48.0 Å². The summed E-state index contributed by atoms with van der Waals surface area (Å²) in [5.74, 6) is 0.535. The van der Waals surface area contributed by atoms with Gasteiger partial charge in [0.25, 0.3) is 0 Å². The first-order chi connectivity index (χ1) is 7.66. The molecule has 3 nitrogen and oxygen atoms in total. The molecule has 2 aliphatic rings. The van der Waals surface area contributed by atoms with E-state index in [0.717, 1.165) is 13.0 Å². The third kappa shape index (κ3) is 2.51. The lowest BCUT2D eigenvalue weighted by atomic mass is 9.78. The van der Waals surface area contributed by atoms with E-state index in [2.05, 4.69) is 46.9 Å². The Bertz CT molecular complexity index is 299. The molecule has 0 saturated carbocycles. The summed E-state index contributed by atoms with van der Waals surface area (Å²) < 4.78 is 12.3. The SMILES string of the molecule is CC(C)C1OC2(COC(C)(C)C2)NCC1(C)C. The van der Waals surface area contributed by atoms with Gasteiger partial charge in [-0.25, -0.2) is 0 Å². The lowest BCUT2D eigenvalue weighted by Crippen LogP contribution is -2.63. The Morgan fingerprint density at radius 1 is 1.18 bits per heavy atom. The second kappa shape index (κ2) is 3.94. The van der Waals surface area contributed by atoms with Gasteiger partial charge in [0, 0.05) is 18.4 Å². The lowest BCUT2D eigenvalue weighted by Gasteiger charge is -2.49. The summed E-state index contributed by atoms with van der Waals surface area (Å²) in [6.07, 6.45) is 1.22. The molecule has 0 bridgehead atoms. The minimum Gasteiger partial charge on any atom is -0.371 e. The highest BCUT2D eigenvalue weighted by atomic mass is 16.6. The number of ether oxygens (including phenoxy) is 2. The monoisotopic (exact) mass is 241 g/mol. The second-order valence-corrected chi connectivity index (χ2v) is 7.34. The van der Waals surface area contributed by atoms with Gasteiger partial charge in [0.2, 0.25) is 0 Å². The van der Waals surface area contributed by atoms with E-state index in [-0.39, 0.29) is 16.7 Å². The van der Waals surface area contributed by atoms with Gasteiger partial charge >= 0.3 is 0 Å². The third-order valence-electron chi connectivity index (χ3n) is 4.00. The van der Waals surface area contributed by atoms with E-state index in [4.69, 9.17) is 9.47 Å². The molecular formula is C14H27NO2. The quantitative estimate of drug-likeness (QED) is 0.765. The Balaban J connectivity index is 2.15. The summed E-state index contributed by atoms with van der Waals surface area (Å²) >= 11 is 0. The highest BCUT2D eigenvalue weighted by Crippen LogP contribution is 2.42. The first-order valence-electron chi connectivity index (χ1n) is 6.73. The van der Waals surface area contributed by atoms with E-state index >= 15 is 0 Å². The predicted octanol–water partition coefficient (Wildman–Crippen LogP) is 2.55. The molecule has 2 unspecified atom stereocenters. The Labute approximate surface area is 105 Å². The van der Waals surface area contributed by atoms with Crippen LogP contribution in [-0.4, -0.2) is 30.6 Å². The minimum atomic E-state index is -0.256. The zero-order valence-electron chi connectivity index (χ0n) is 12.1. The smallest absolute Gasteiger partial charge is 0.145 e. The summed E-state index contributed by atoms with van der Waals surface area (Å²) in [4.78, 5) is 0. The summed E-state index contributed by atoms with van der Waals surface area (Å²) in [5, 5.41) is 3.58. The van der Waals surface area contributed by atoms with Crippen molar-refractivity contribution in [3.05, 3.63) is 0 Å². The van der Waals surface area contributed by atoms with E-state index < -0.39 is 0 Å². The maximum Gasteiger partial charge on any atom is 0.145 e. The molecule has 0 amide bonds. The van der Waals surface area contributed by atoms with E-state index in [1.54, 1.807) is 0 Å². The maximum atomic E-state index is 6.41. The Morgan fingerprint density at radius 2 is 1.82 bits per heavy atom. The van der Waals surface area contributed by atoms with Gasteiger partial charge in [-0.05, 0) is 19.8 Å². The lowest BCUT2D eigenvalue weighted by molar-refractivity contribution is -0.201. The van der Waals surface area contributed by atoms with Crippen LogP contribution in [0.4, 0.5) is 0 Å². The molecule has 2 atom stereocenters. The first kappa shape index (κ1) is 13.3. The van der Waals surface area contributed by atoms with Crippen molar-refractivity contribution in [3.8, 4) is 0 Å². The van der Waals surface area contributed by atoms with Gasteiger partial charge in [-0.15, -0.1) is 0 Å². The topological polar surface area (TPSA) is 30.5 Å². The van der Waals surface area contributed by atoms with E-state index in [9.17, 15) is 0 Å². The fourth-order valence-electron chi connectivity index (χ4n) is 3.26. The Hall–Kier alpha value is -0.120. The molecule has 0 aliphatic carbocycles. The second-order valence-electron chi connectivity index (χ2n) is 7.34. The van der Waals surface area contributed by atoms with Crippen LogP contribution < -0.4 is 5.32 Å². The standard InChI is InChI=1S/C14H27NO2/c1-10(2)11-12(3,4)8-15-14(17-11)7-13(5,6)16-9-14/h10-11,15H,7-9H2,1-6H3. The minimum absolute atomic E-state index is 0.0734. The van der Waals surface area contributed by atoms with Crippen molar-refractivity contribution in [3.63, 3.8) is 0 Å². The molecule has 0 aromatic rings. The predicted molar refractivity (Wildman–Crippen MR) is 68.9 cm³/mol. The van der Waals surface area contributed by atoms with Crippen molar-refractivity contribution in [1.82, 2.24) is 5.32 Å². The van der Waals surface area contributed by atoms with Crippen LogP contribution in [0.5, 0.6) is 0 Å². The van der Waals surface area contributed by atoms with Crippen molar-refractivity contribution in [2.45, 2.75) is 65.4 Å². The average molecular weight is 241 g/mol. The van der Waals surface area contributed by atoms with Crippen LogP contribution in [0.3, 0.4) is 0 Å². The molecule has 2 saturated heterocycles. The van der Waals surface area contributed by atoms with Gasteiger partial charge in [-0.3, -0.25) is 5.32 Å². The van der Waals surface area contributed by atoms with Gasteiger partial charge < -0.3 is 9.47 Å². The van der Waals surface area contributed by atoms with Gasteiger partial charge in [-0.2, -0.15) is 0 Å². The van der Waals surface area contributed by atoms with E-state index in [1.165, 1.54) is 0 Å². The van der Waals surface area contributed by atoms with Crippen molar-refractivity contribution in [1.29, 1.82) is 0 Å². The molecule has 0 aromatic heterocycles. The number of hydrogen-bond acceptors (Lipinski definition) is 3. The van der Waals surface area contributed by atoms with Crippen molar-refractivity contribution < 1.29 is 9.47 Å². The highest BCUT2D eigenvalue weighted by Gasteiger charge is 2.52. The maximum absolute atomic E-state index is 6.41. The molecular weight excluding hydrogens is 214 g/mol. The number of nitrogens with one attached hydrogen (secondary N) is 1. The molecule has 100 valence electrons. The van der Waals surface area contributed by atoms with Gasteiger partial charge in [0.15, 0.2) is 0 Å². The molecule has 2 heterocycles. The third-order valence-corrected chi connectivity index (χ3v) is 4.00. The van der Waals surface area contributed by atoms with Crippen LogP contribution in [0, 0.1) is 11.3 Å². The first-order valence-corrected chi connectivity index (χ1v) is 6.73. The fourth-order valence-corrected chi connectivity index (χ4v) is 3.26. The highest BCUT2D eigenvalue weighted by molar-refractivity contribution is 5.00. The summed E-state index contributed by atoms with van der Waals surface area (Å²) in [5.41, 5.74) is -0.143. The van der Waals surface area contributed by atoms with Gasteiger partial charge in [0.1, 0.15) is 5.72 Å². The molecule has 1 N–H and O–H groups in total. The summed E-state index contributed by atoms with van der Waals surface area (Å²) in [6.45, 7) is 15.0. The van der Waals surface area contributed by atoms with Crippen LogP contribution >= 0.6 is 0 Å². The number of rotatable bonds is 1. The fraction of sp³-hybridized carbons (Fsp3) is 1.00. The number of hydrogen-bond donors (Lipinski definition) is 1. The van der Waals surface area contributed by atoms with Crippen molar-refractivity contribution >= 4 is 0 Å². The molecule has 0 radical (unpaired) electrons. The molecule has 2 fully saturated rings. The largest absolute Gasteiger partial charge is 0.371 e. The normalized spacial score (nSPS) is 40.1. The average Bonchev–Trinajstić information content (AvgIpc) is 2.47. The molecule has 1 spiro atoms.